The molecule has 4 rings (SSSR count). The number of aromatic amines is 1. The van der Waals surface area contributed by atoms with Crippen LogP contribution in [0.1, 0.15) is 18.1 Å². The summed E-state index contributed by atoms with van der Waals surface area (Å²) >= 11 is 0. The molecule has 0 aliphatic heterocycles. The van der Waals surface area contributed by atoms with Gasteiger partial charge in [0, 0.05) is 36.7 Å². The summed E-state index contributed by atoms with van der Waals surface area (Å²) in [6, 6.07) is 12.3. The van der Waals surface area contributed by atoms with Crippen molar-refractivity contribution in [1.82, 2.24) is 15.5 Å². The van der Waals surface area contributed by atoms with Gasteiger partial charge in [-0.2, -0.15) is 5.10 Å². The van der Waals surface area contributed by atoms with Gasteiger partial charge in [0.1, 0.15) is 18.2 Å². The van der Waals surface area contributed by atoms with Crippen molar-refractivity contribution >= 4 is 17.4 Å². The summed E-state index contributed by atoms with van der Waals surface area (Å²) < 4.78 is 30.2. The topological polar surface area (TPSA) is 97.5 Å². The number of carbonyl (C=O) groups is 1. The monoisotopic (exact) mass is 454 g/mol. The van der Waals surface area contributed by atoms with Gasteiger partial charge in [0.25, 0.3) is 0 Å². The van der Waals surface area contributed by atoms with Gasteiger partial charge in [-0.25, -0.2) is 4.39 Å². The van der Waals surface area contributed by atoms with Gasteiger partial charge in [-0.15, -0.1) is 0 Å². The lowest BCUT2D eigenvalue weighted by atomic mass is 10.1. The Morgan fingerprint density at radius 1 is 1.09 bits per heavy atom. The molecule has 2 aromatic carbocycles. The number of hydrogen-bond acceptors (Lipinski definition) is 6. The Morgan fingerprint density at radius 3 is 2.73 bits per heavy atom. The van der Waals surface area contributed by atoms with Crippen LogP contribution in [-0.4, -0.2) is 55.7 Å². The first-order valence-corrected chi connectivity index (χ1v) is 10.9. The second kappa shape index (κ2) is 10.9. The van der Waals surface area contributed by atoms with Crippen LogP contribution in [0.3, 0.4) is 0 Å². The van der Waals surface area contributed by atoms with Crippen molar-refractivity contribution in [3.8, 4) is 17.0 Å². The van der Waals surface area contributed by atoms with E-state index in [-0.39, 0.29) is 11.7 Å². The number of H-pyrrole nitrogens is 1. The normalized spacial score (nSPS) is 11.7. The molecule has 1 heterocycles. The maximum absolute atomic E-state index is 13.5. The number of aromatic nitrogens is 2. The van der Waals surface area contributed by atoms with E-state index in [1.54, 1.807) is 12.1 Å². The molecule has 0 radical (unpaired) electrons. The number of nitrogens with one attached hydrogen (secondary N) is 3. The molecule has 1 aliphatic carbocycles. The Bertz CT molecular complexity index is 1100. The maximum Gasteiger partial charge on any atom is 0.216 e. The zero-order valence-electron chi connectivity index (χ0n) is 18.4. The zero-order chi connectivity index (χ0) is 23.0. The number of benzene rings is 2. The van der Waals surface area contributed by atoms with E-state index in [4.69, 9.17) is 14.2 Å². The first-order valence-electron chi connectivity index (χ1n) is 10.9. The van der Waals surface area contributed by atoms with Gasteiger partial charge in [0.2, 0.25) is 5.91 Å². The van der Waals surface area contributed by atoms with Crippen LogP contribution in [0.5, 0.6) is 5.75 Å². The van der Waals surface area contributed by atoms with Crippen LogP contribution in [0.25, 0.3) is 11.3 Å². The van der Waals surface area contributed by atoms with Crippen LogP contribution < -0.4 is 15.4 Å². The third-order valence-electron chi connectivity index (χ3n) is 5.16. The smallest absolute Gasteiger partial charge is 0.216 e. The van der Waals surface area contributed by atoms with Gasteiger partial charge < -0.3 is 24.8 Å². The lowest BCUT2D eigenvalue weighted by Crippen LogP contribution is -2.25. The van der Waals surface area contributed by atoms with Gasteiger partial charge in [0.05, 0.1) is 32.1 Å². The van der Waals surface area contributed by atoms with Crippen LogP contribution in [0.15, 0.2) is 42.5 Å². The minimum absolute atomic E-state index is 0.0654. The van der Waals surface area contributed by atoms with Crippen LogP contribution in [0, 0.1) is 5.82 Å². The number of nitrogens with zero attached hydrogens (tertiary/aromatic N) is 1. The molecule has 9 heteroatoms. The summed E-state index contributed by atoms with van der Waals surface area (Å²) in [7, 11) is 0. The van der Waals surface area contributed by atoms with Gasteiger partial charge in [-0.05, 0) is 42.0 Å². The molecule has 1 amide bonds. The van der Waals surface area contributed by atoms with E-state index >= 15 is 0 Å². The zero-order valence-corrected chi connectivity index (χ0v) is 18.4. The summed E-state index contributed by atoms with van der Waals surface area (Å²) in [6.45, 7) is 4.26. The largest absolute Gasteiger partial charge is 0.491 e. The molecule has 3 aromatic rings. The molecule has 0 unspecified atom stereocenters. The van der Waals surface area contributed by atoms with Crippen LogP contribution in [0.2, 0.25) is 0 Å². The number of hydrogen-bond donors (Lipinski definition) is 3. The quantitative estimate of drug-likeness (QED) is 0.284. The average molecular weight is 455 g/mol. The highest BCUT2D eigenvalue weighted by Crippen LogP contribution is 2.40. The predicted octanol–water partition coefficient (Wildman–Crippen LogP) is 3.41. The second-order valence-corrected chi connectivity index (χ2v) is 7.61. The SMILES string of the molecule is CC(=O)NCCOCCOCCOc1ccc2c(c1)Cc1c(Nc3cccc(F)c3)n[nH]c1-2. The summed E-state index contributed by atoms with van der Waals surface area (Å²) in [6.07, 6.45) is 0.711. The highest BCUT2D eigenvalue weighted by atomic mass is 19.1. The maximum atomic E-state index is 13.5. The first-order chi connectivity index (χ1) is 16.1. The molecule has 0 spiro atoms. The first kappa shape index (κ1) is 22.8. The van der Waals surface area contributed by atoms with Crippen molar-refractivity contribution in [3.05, 3.63) is 59.4 Å². The van der Waals surface area contributed by atoms with Crippen molar-refractivity contribution in [2.45, 2.75) is 13.3 Å². The van der Waals surface area contributed by atoms with Crippen molar-refractivity contribution in [2.75, 3.05) is 44.9 Å². The van der Waals surface area contributed by atoms with E-state index in [1.165, 1.54) is 19.1 Å². The number of amides is 1. The van der Waals surface area contributed by atoms with E-state index in [0.29, 0.717) is 57.5 Å². The van der Waals surface area contributed by atoms with Crippen LogP contribution in [-0.2, 0) is 20.7 Å². The third-order valence-corrected chi connectivity index (χ3v) is 5.16. The number of ether oxygens (including phenoxy) is 3. The molecule has 0 bridgehead atoms. The molecular weight excluding hydrogens is 427 g/mol. The van der Waals surface area contributed by atoms with E-state index in [9.17, 15) is 9.18 Å². The number of anilines is 2. The van der Waals surface area contributed by atoms with Gasteiger partial charge >= 0.3 is 0 Å². The minimum Gasteiger partial charge on any atom is -0.491 e. The molecule has 33 heavy (non-hydrogen) atoms. The average Bonchev–Trinajstić information content (AvgIpc) is 3.34. The lowest BCUT2D eigenvalue weighted by Gasteiger charge is -2.09. The van der Waals surface area contributed by atoms with E-state index in [2.05, 4.69) is 20.8 Å². The van der Waals surface area contributed by atoms with Crippen LogP contribution >= 0.6 is 0 Å². The second-order valence-electron chi connectivity index (χ2n) is 7.61. The molecule has 0 fully saturated rings. The Kier molecular flexibility index (Phi) is 7.54. The summed E-state index contributed by atoms with van der Waals surface area (Å²) in [4.78, 5) is 10.7. The number of carbonyl (C=O) groups excluding carboxylic acids is 1. The Hall–Kier alpha value is -3.43. The standard InChI is InChI=1S/C24H27FN4O4/c1-16(30)26-7-8-31-9-10-32-11-12-33-20-5-6-21-17(13-20)14-22-23(21)28-29-24(22)27-19-4-2-3-18(25)15-19/h2-6,13,15H,7-12,14H2,1H3,(H,26,30)(H2,27,28,29). The molecule has 0 saturated carbocycles. The molecule has 174 valence electrons. The lowest BCUT2D eigenvalue weighted by molar-refractivity contribution is -0.119. The predicted molar refractivity (Wildman–Crippen MR) is 122 cm³/mol. The number of rotatable bonds is 12. The fourth-order valence-corrected chi connectivity index (χ4v) is 3.65. The van der Waals surface area contributed by atoms with Gasteiger partial charge in [-0.3, -0.25) is 9.89 Å². The van der Waals surface area contributed by atoms with Crippen molar-refractivity contribution in [1.29, 1.82) is 0 Å². The molecular formula is C24H27FN4O4. The molecule has 0 saturated heterocycles. The van der Waals surface area contributed by atoms with Gasteiger partial charge in [0.15, 0.2) is 5.82 Å². The van der Waals surface area contributed by atoms with E-state index < -0.39 is 0 Å². The summed E-state index contributed by atoms with van der Waals surface area (Å²) in [5, 5.41) is 13.3. The minimum atomic E-state index is -0.296. The van der Waals surface area contributed by atoms with Crippen molar-refractivity contribution in [2.24, 2.45) is 0 Å². The summed E-state index contributed by atoms with van der Waals surface area (Å²) in [5.41, 5.74) is 4.91. The highest BCUT2D eigenvalue weighted by Gasteiger charge is 2.25. The Labute approximate surface area is 191 Å². The fraction of sp³-hybridized carbons (Fsp3) is 0.333. The number of halogens is 1. The third kappa shape index (κ3) is 6.09. The Balaban J connectivity index is 1.21. The molecule has 8 nitrogen and oxygen atoms in total. The fourth-order valence-electron chi connectivity index (χ4n) is 3.65. The number of fused-ring (bicyclic) bond motifs is 3. The van der Waals surface area contributed by atoms with Crippen molar-refractivity contribution < 1.29 is 23.4 Å². The highest BCUT2D eigenvalue weighted by molar-refractivity contribution is 5.80. The molecule has 3 N–H and O–H groups in total. The van der Waals surface area contributed by atoms with E-state index in [0.717, 1.165) is 28.1 Å². The molecule has 0 atom stereocenters. The van der Waals surface area contributed by atoms with Gasteiger partial charge in [-0.1, -0.05) is 6.07 Å². The Morgan fingerprint density at radius 2 is 1.91 bits per heavy atom. The summed E-state index contributed by atoms with van der Waals surface area (Å²) in [5.74, 6) is 1.11. The van der Waals surface area contributed by atoms with Crippen molar-refractivity contribution in [3.63, 3.8) is 0 Å². The van der Waals surface area contributed by atoms with Crippen LogP contribution in [0.4, 0.5) is 15.9 Å². The molecule has 1 aromatic heterocycles. The van der Waals surface area contributed by atoms with E-state index in [1.807, 2.05) is 18.2 Å². The molecule has 1 aliphatic rings.